The topological polar surface area (TPSA) is 32.3 Å². The van der Waals surface area contributed by atoms with Crippen LogP contribution in [0.15, 0.2) is 24.3 Å². The van der Waals surface area contributed by atoms with E-state index in [-0.39, 0.29) is 17.8 Å². The van der Waals surface area contributed by atoms with Crippen molar-refractivity contribution in [2.75, 3.05) is 19.6 Å². The second-order valence-electron chi connectivity index (χ2n) is 5.45. The Kier molecular flexibility index (Phi) is 5.53. The Morgan fingerprint density at radius 3 is 2.40 bits per heavy atom. The van der Waals surface area contributed by atoms with Gasteiger partial charge in [-0.05, 0) is 37.5 Å². The van der Waals surface area contributed by atoms with Crippen molar-refractivity contribution in [2.45, 2.75) is 38.6 Å². The Balaban J connectivity index is 1.81. The van der Waals surface area contributed by atoms with Crippen LogP contribution in [0.5, 0.6) is 0 Å². The third-order valence-electron chi connectivity index (χ3n) is 3.89. The summed E-state index contributed by atoms with van der Waals surface area (Å²) in [5, 5.41) is 3.22. The lowest BCUT2D eigenvalue weighted by Crippen LogP contribution is -2.39. The first-order valence-electron chi connectivity index (χ1n) is 7.43. The Morgan fingerprint density at radius 1 is 1.20 bits per heavy atom. The SMILES string of the molecule is C[C@H](NCC(=O)N1CCCCCC1)c1ccc(F)cc1. The van der Waals surface area contributed by atoms with Crippen molar-refractivity contribution >= 4 is 5.91 Å². The molecule has 1 aliphatic rings. The van der Waals surface area contributed by atoms with Crippen LogP contribution < -0.4 is 5.32 Å². The van der Waals surface area contributed by atoms with E-state index in [0.717, 1.165) is 31.5 Å². The number of nitrogens with zero attached hydrogens (tertiary/aromatic N) is 1. The molecule has 0 unspecified atom stereocenters. The van der Waals surface area contributed by atoms with Crippen molar-refractivity contribution in [1.82, 2.24) is 10.2 Å². The fraction of sp³-hybridized carbons (Fsp3) is 0.562. The average molecular weight is 278 g/mol. The molecule has 1 amide bonds. The Hall–Kier alpha value is -1.42. The number of benzene rings is 1. The molecule has 1 aliphatic heterocycles. The molecule has 0 saturated carbocycles. The van der Waals surface area contributed by atoms with Crippen molar-refractivity contribution in [3.8, 4) is 0 Å². The van der Waals surface area contributed by atoms with E-state index < -0.39 is 0 Å². The molecule has 2 rings (SSSR count). The first-order valence-corrected chi connectivity index (χ1v) is 7.43. The lowest BCUT2D eigenvalue weighted by molar-refractivity contribution is -0.130. The van der Waals surface area contributed by atoms with Crippen LogP contribution in [0.3, 0.4) is 0 Å². The summed E-state index contributed by atoms with van der Waals surface area (Å²) in [6, 6.07) is 6.45. The monoisotopic (exact) mass is 278 g/mol. The molecule has 0 aromatic heterocycles. The summed E-state index contributed by atoms with van der Waals surface area (Å²) in [6.07, 6.45) is 4.67. The van der Waals surface area contributed by atoms with E-state index in [0.29, 0.717) is 6.54 Å². The molecule has 0 spiro atoms. The summed E-state index contributed by atoms with van der Waals surface area (Å²) in [4.78, 5) is 14.1. The summed E-state index contributed by atoms with van der Waals surface area (Å²) in [5.41, 5.74) is 0.995. The van der Waals surface area contributed by atoms with Gasteiger partial charge in [0.25, 0.3) is 0 Å². The molecule has 110 valence electrons. The van der Waals surface area contributed by atoms with Gasteiger partial charge in [0, 0.05) is 19.1 Å². The van der Waals surface area contributed by atoms with Crippen molar-refractivity contribution in [1.29, 1.82) is 0 Å². The summed E-state index contributed by atoms with van der Waals surface area (Å²) in [7, 11) is 0. The van der Waals surface area contributed by atoms with Gasteiger partial charge in [-0.3, -0.25) is 4.79 Å². The van der Waals surface area contributed by atoms with E-state index in [2.05, 4.69) is 5.32 Å². The van der Waals surface area contributed by atoms with Gasteiger partial charge in [0.05, 0.1) is 6.54 Å². The lowest BCUT2D eigenvalue weighted by Gasteiger charge is -2.22. The molecule has 0 radical (unpaired) electrons. The quantitative estimate of drug-likeness (QED) is 0.918. The second-order valence-corrected chi connectivity index (χ2v) is 5.45. The van der Waals surface area contributed by atoms with E-state index in [4.69, 9.17) is 0 Å². The Morgan fingerprint density at radius 2 is 1.80 bits per heavy atom. The highest BCUT2D eigenvalue weighted by Crippen LogP contribution is 2.13. The third kappa shape index (κ3) is 4.30. The summed E-state index contributed by atoms with van der Waals surface area (Å²) in [6.45, 7) is 4.10. The average Bonchev–Trinajstić information content (AvgIpc) is 2.74. The predicted octanol–water partition coefficient (Wildman–Crippen LogP) is 2.88. The van der Waals surface area contributed by atoms with Gasteiger partial charge in [-0.1, -0.05) is 25.0 Å². The molecule has 1 saturated heterocycles. The number of halogens is 1. The van der Waals surface area contributed by atoms with Crippen molar-refractivity contribution < 1.29 is 9.18 Å². The van der Waals surface area contributed by atoms with Crippen LogP contribution in [0.4, 0.5) is 4.39 Å². The smallest absolute Gasteiger partial charge is 0.236 e. The van der Waals surface area contributed by atoms with E-state index >= 15 is 0 Å². The largest absolute Gasteiger partial charge is 0.342 e. The highest BCUT2D eigenvalue weighted by molar-refractivity contribution is 5.78. The number of hydrogen-bond acceptors (Lipinski definition) is 2. The third-order valence-corrected chi connectivity index (χ3v) is 3.89. The molecule has 1 N–H and O–H groups in total. The normalized spacial score (nSPS) is 17.6. The fourth-order valence-corrected chi connectivity index (χ4v) is 2.54. The Bertz CT molecular complexity index is 425. The number of carbonyl (C=O) groups excluding carboxylic acids is 1. The molecule has 4 heteroatoms. The summed E-state index contributed by atoms with van der Waals surface area (Å²) < 4.78 is 12.9. The highest BCUT2D eigenvalue weighted by atomic mass is 19.1. The standard InChI is InChI=1S/C16H23FN2O/c1-13(14-6-8-15(17)9-7-14)18-12-16(20)19-10-4-2-3-5-11-19/h6-9,13,18H,2-5,10-12H2,1H3/t13-/m0/s1. The van der Waals surface area contributed by atoms with Gasteiger partial charge in [0.15, 0.2) is 0 Å². The molecule has 0 aliphatic carbocycles. The first-order chi connectivity index (χ1) is 9.66. The predicted molar refractivity (Wildman–Crippen MR) is 77.9 cm³/mol. The first kappa shape index (κ1) is 15.0. The van der Waals surface area contributed by atoms with E-state index in [1.165, 1.54) is 25.0 Å². The van der Waals surface area contributed by atoms with Crippen molar-refractivity contribution in [2.24, 2.45) is 0 Å². The Labute approximate surface area is 120 Å². The van der Waals surface area contributed by atoms with Crippen molar-refractivity contribution in [3.05, 3.63) is 35.6 Å². The van der Waals surface area contributed by atoms with Crippen molar-refractivity contribution in [3.63, 3.8) is 0 Å². The maximum atomic E-state index is 12.9. The zero-order chi connectivity index (χ0) is 14.4. The molecular weight excluding hydrogens is 255 g/mol. The summed E-state index contributed by atoms with van der Waals surface area (Å²) in [5.74, 6) is -0.0672. The maximum absolute atomic E-state index is 12.9. The summed E-state index contributed by atoms with van der Waals surface area (Å²) >= 11 is 0. The molecule has 1 aromatic rings. The number of amides is 1. The minimum absolute atomic E-state index is 0.0477. The van der Waals surface area contributed by atoms with Crippen LogP contribution in [0.1, 0.15) is 44.2 Å². The molecule has 1 aromatic carbocycles. The number of rotatable bonds is 4. The van der Waals surface area contributed by atoms with E-state index in [9.17, 15) is 9.18 Å². The molecular formula is C16H23FN2O. The van der Waals surface area contributed by atoms with E-state index in [1.807, 2.05) is 11.8 Å². The van der Waals surface area contributed by atoms with Gasteiger partial charge in [0.1, 0.15) is 5.82 Å². The zero-order valence-electron chi connectivity index (χ0n) is 12.1. The number of hydrogen-bond donors (Lipinski definition) is 1. The fourth-order valence-electron chi connectivity index (χ4n) is 2.54. The number of nitrogens with one attached hydrogen (secondary N) is 1. The van der Waals surface area contributed by atoms with Crippen LogP contribution in [0.25, 0.3) is 0 Å². The molecule has 0 bridgehead atoms. The van der Waals surface area contributed by atoms with Gasteiger partial charge in [-0.15, -0.1) is 0 Å². The lowest BCUT2D eigenvalue weighted by atomic mass is 10.1. The minimum Gasteiger partial charge on any atom is -0.342 e. The zero-order valence-corrected chi connectivity index (χ0v) is 12.1. The van der Waals surface area contributed by atoms with Crippen LogP contribution in [0, 0.1) is 5.82 Å². The molecule has 1 heterocycles. The van der Waals surface area contributed by atoms with Crippen LogP contribution in [-0.4, -0.2) is 30.4 Å². The van der Waals surface area contributed by atoms with Gasteiger partial charge < -0.3 is 10.2 Å². The van der Waals surface area contributed by atoms with Crippen LogP contribution >= 0.6 is 0 Å². The minimum atomic E-state index is -0.235. The molecule has 1 atom stereocenters. The van der Waals surface area contributed by atoms with Crippen LogP contribution in [-0.2, 0) is 4.79 Å². The second kappa shape index (κ2) is 7.39. The van der Waals surface area contributed by atoms with Gasteiger partial charge in [-0.2, -0.15) is 0 Å². The van der Waals surface area contributed by atoms with Gasteiger partial charge >= 0.3 is 0 Å². The molecule has 20 heavy (non-hydrogen) atoms. The molecule has 1 fully saturated rings. The van der Waals surface area contributed by atoms with Crippen LogP contribution in [0.2, 0.25) is 0 Å². The van der Waals surface area contributed by atoms with Gasteiger partial charge in [-0.25, -0.2) is 4.39 Å². The molecule has 3 nitrogen and oxygen atoms in total. The van der Waals surface area contributed by atoms with E-state index in [1.54, 1.807) is 12.1 Å². The highest BCUT2D eigenvalue weighted by Gasteiger charge is 2.16. The number of likely N-dealkylation sites (tertiary alicyclic amines) is 1. The van der Waals surface area contributed by atoms with Gasteiger partial charge in [0.2, 0.25) is 5.91 Å². The number of carbonyl (C=O) groups is 1. The maximum Gasteiger partial charge on any atom is 0.236 e.